The van der Waals surface area contributed by atoms with Crippen LogP contribution in [0.2, 0.25) is 0 Å². The van der Waals surface area contributed by atoms with Crippen LogP contribution in [0.25, 0.3) is 0 Å². The van der Waals surface area contributed by atoms with E-state index < -0.39 is 0 Å². The zero-order valence-electron chi connectivity index (χ0n) is 11.3. The van der Waals surface area contributed by atoms with Crippen LogP contribution >= 0.6 is 31.9 Å². The zero-order valence-corrected chi connectivity index (χ0v) is 14.5. The van der Waals surface area contributed by atoms with E-state index in [1.54, 1.807) is 0 Å². The van der Waals surface area contributed by atoms with Gasteiger partial charge in [-0.25, -0.2) is 0 Å². The monoisotopic (exact) mass is 389 g/mol. The third kappa shape index (κ3) is 4.76. The second kappa shape index (κ2) is 7.65. The summed E-state index contributed by atoms with van der Waals surface area (Å²) in [5, 5.41) is 3.61. The molecular formula is C15H21Br2NO. The van der Waals surface area contributed by atoms with E-state index in [4.69, 9.17) is 4.74 Å². The fourth-order valence-corrected chi connectivity index (χ4v) is 3.88. The molecule has 0 aromatic heterocycles. The van der Waals surface area contributed by atoms with Crippen LogP contribution in [0.3, 0.4) is 0 Å². The SMILES string of the molecule is CC1CCCC(NCCOc2c(Br)cccc2Br)C1. The lowest BCUT2D eigenvalue weighted by Crippen LogP contribution is -2.36. The van der Waals surface area contributed by atoms with Crippen LogP contribution in [-0.4, -0.2) is 19.2 Å². The quantitative estimate of drug-likeness (QED) is 0.731. The predicted molar refractivity (Wildman–Crippen MR) is 86.8 cm³/mol. The lowest BCUT2D eigenvalue weighted by atomic mass is 9.87. The van der Waals surface area contributed by atoms with Crippen molar-refractivity contribution in [1.29, 1.82) is 0 Å². The van der Waals surface area contributed by atoms with Gasteiger partial charge in [-0.05, 0) is 62.8 Å². The van der Waals surface area contributed by atoms with E-state index in [9.17, 15) is 0 Å². The van der Waals surface area contributed by atoms with Gasteiger partial charge >= 0.3 is 0 Å². The van der Waals surface area contributed by atoms with Crippen molar-refractivity contribution >= 4 is 31.9 Å². The minimum absolute atomic E-state index is 0.676. The molecule has 0 bridgehead atoms. The Morgan fingerprint density at radius 2 is 2.00 bits per heavy atom. The number of rotatable bonds is 5. The van der Waals surface area contributed by atoms with Gasteiger partial charge in [0.25, 0.3) is 0 Å². The molecule has 2 rings (SSSR count). The molecule has 106 valence electrons. The maximum absolute atomic E-state index is 5.83. The van der Waals surface area contributed by atoms with Crippen molar-refractivity contribution in [1.82, 2.24) is 5.32 Å². The van der Waals surface area contributed by atoms with Gasteiger partial charge in [-0.3, -0.25) is 0 Å². The normalized spacial score (nSPS) is 23.3. The van der Waals surface area contributed by atoms with E-state index in [-0.39, 0.29) is 0 Å². The van der Waals surface area contributed by atoms with Crippen LogP contribution in [0.4, 0.5) is 0 Å². The highest BCUT2D eigenvalue weighted by atomic mass is 79.9. The standard InChI is InChI=1S/C15H21Br2NO/c1-11-4-2-5-12(10-11)18-8-9-19-15-13(16)6-3-7-14(15)17/h3,6-7,11-12,18H,2,4-5,8-10H2,1H3. The summed E-state index contributed by atoms with van der Waals surface area (Å²) >= 11 is 7.02. The molecule has 0 spiro atoms. The first-order chi connectivity index (χ1) is 9.16. The van der Waals surface area contributed by atoms with Gasteiger partial charge in [-0.2, -0.15) is 0 Å². The molecule has 2 atom stereocenters. The van der Waals surface area contributed by atoms with Crippen molar-refractivity contribution in [2.24, 2.45) is 5.92 Å². The van der Waals surface area contributed by atoms with E-state index >= 15 is 0 Å². The van der Waals surface area contributed by atoms with Crippen molar-refractivity contribution in [3.8, 4) is 5.75 Å². The van der Waals surface area contributed by atoms with Crippen molar-refractivity contribution in [2.75, 3.05) is 13.2 Å². The lowest BCUT2D eigenvalue weighted by Gasteiger charge is -2.27. The van der Waals surface area contributed by atoms with Crippen molar-refractivity contribution in [3.63, 3.8) is 0 Å². The lowest BCUT2D eigenvalue weighted by molar-refractivity contribution is 0.265. The molecule has 2 nitrogen and oxygen atoms in total. The molecule has 0 heterocycles. The van der Waals surface area contributed by atoms with E-state index in [0.717, 1.165) is 27.2 Å². The van der Waals surface area contributed by atoms with Crippen molar-refractivity contribution in [3.05, 3.63) is 27.1 Å². The summed E-state index contributed by atoms with van der Waals surface area (Å²) in [5.74, 6) is 1.76. The Morgan fingerprint density at radius 1 is 1.26 bits per heavy atom. The average molecular weight is 391 g/mol. The smallest absolute Gasteiger partial charge is 0.147 e. The number of ether oxygens (including phenoxy) is 1. The summed E-state index contributed by atoms with van der Waals surface area (Å²) < 4.78 is 7.82. The first kappa shape index (κ1) is 15.3. The van der Waals surface area contributed by atoms with E-state index in [2.05, 4.69) is 44.1 Å². The number of hydrogen-bond acceptors (Lipinski definition) is 2. The maximum atomic E-state index is 5.83. The Kier molecular flexibility index (Phi) is 6.17. The van der Waals surface area contributed by atoms with Crippen molar-refractivity contribution < 1.29 is 4.74 Å². The Balaban J connectivity index is 1.72. The van der Waals surface area contributed by atoms with E-state index in [0.29, 0.717) is 12.6 Å². The molecule has 0 amide bonds. The molecule has 1 aromatic rings. The third-order valence-corrected chi connectivity index (χ3v) is 4.89. The summed E-state index contributed by atoms with van der Waals surface area (Å²) in [5.41, 5.74) is 0. The molecule has 0 aliphatic heterocycles. The molecule has 1 fully saturated rings. The first-order valence-corrected chi connectivity index (χ1v) is 8.55. The van der Waals surface area contributed by atoms with Crippen LogP contribution in [0.1, 0.15) is 32.6 Å². The van der Waals surface area contributed by atoms with E-state index in [1.165, 1.54) is 25.7 Å². The van der Waals surface area contributed by atoms with Gasteiger partial charge in [0.15, 0.2) is 0 Å². The summed E-state index contributed by atoms with van der Waals surface area (Å²) in [6.45, 7) is 3.96. The second-order valence-corrected chi connectivity index (χ2v) is 7.03. The fraction of sp³-hybridized carbons (Fsp3) is 0.600. The molecule has 1 N–H and O–H groups in total. The van der Waals surface area contributed by atoms with E-state index in [1.807, 2.05) is 18.2 Å². The molecule has 19 heavy (non-hydrogen) atoms. The van der Waals surface area contributed by atoms with Gasteiger partial charge in [0.2, 0.25) is 0 Å². The molecule has 1 aromatic carbocycles. The predicted octanol–water partition coefficient (Wildman–Crippen LogP) is 4.76. The van der Waals surface area contributed by atoms with Gasteiger partial charge in [-0.15, -0.1) is 0 Å². The number of hydrogen-bond donors (Lipinski definition) is 1. The van der Waals surface area contributed by atoms with Crippen molar-refractivity contribution in [2.45, 2.75) is 38.6 Å². The topological polar surface area (TPSA) is 21.3 Å². The summed E-state index contributed by atoms with van der Waals surface area (Å²) in [6.07, 6.45) is 5.36. The molecule has 1 aliphatic carbocycles. The Bertz CT molecular complexity index is 391. The molecule has 0 radical (unpaired) electrons. The van der Waals surface area contributed by atoms with Gasteiger partial charge in [0.05, 0.1) is 8.95 Å². The average Bonchev–Trinajstić information content (AvgIpc) is 2.37. The molecular weight excluding hydrogens is 370 g/mol. The third-order valence-electron chi connectivity index (χ3n) is 3.64. The Labute approximate surface area is 132 Å². The zero-order chi connectivity index (χ0) is 13.7. The number of para-hydroxylation sites is 1. The van der Waals surface area contributed by atoms with Crippen LogP contribution in [0.5, 0.6) is 5.75 Å². The highest BCUT2D eigenvalue weighted by Crippen LogP contribution is 2.32. The van der Waals surface area contributed by atoms with Crippen LogP contribution in [0.15, 0.2) is 27.1 Å². The van der Waals surface area contributed by atoms with Crippen LogP contribution < -0.4 is 10.1 Å². The minimum atomic E-state index is 0.676. The maximum Gasteiger partial charge on any atom is 0.147 e. The molecule has 0 saturated heterocycles. The van der Waals surface area contributed by atoms with Gasteiger partial charge in [0.1, 0.15) is 12.4 Å². The van der Waals surface area contributed by atoms with Gasteiger partial charge < -0.3 is 10.1 Å². The van der Waals surface area contributed by atoms with Gasteiger partial charge in [-0.1, -0.05) is 25.8 Å². The molecule has 2 unspecified atom stereocenters. The summed E-state index contributed by atoms with van der Waals surface area (Å²) in [7, 11) is 0. The number of benzene rings is 1. The highest BCUT2D eigenvalue weighted by Gasteiger charge is 2.17. The number of nitrogens with one attached hydrogen (secondary N) is 1. The number of halogens is 2. The van der Waals surface area contributed by atoms with Gasteiger partial charge in [0, 0.05) is 12.6 Å². The Hall–Kier alpha value is -0.0600. The fourth-order valence-electron chi connectivity index (χ4n) is 2.66. The molecule has 4 heteroatoms. The first-order valence-electron chi connectivity index (χ1n) is 6.97. The van der Waals surface area contributed by atoms with Crippen LogP contribution in [0, 0.1) is 5.92 Å². The largest absolute Gasteiger partial charge is 0.490 e. The summed E-state index contributed by atoms with van der Waals surface area (Å²) in [4.78, 5) is 0. The molecule has 1 saturated carbocycles. The summed E-state index contributed by atoms with van der Waals surface area (Å²) in [6, 6.07) is 6.66. The second-order valence-electron chi connectivity index (χ2n) is 5.32. The van der Waals surface area contributed by atoms with Crippen LogP contribution in [-0.2, 0) is 0 Å². The minimum Gasteiger partial charge on any atom is -0.490 e. The Morgan fingerprint density at radius 3 is 2.68 bits per heavy atom. The highest BCUT2D eigenvalue weighted by molar-refractivity contribution is 9.11. The molecule has 1 aliphatic rings.